The van der Waals surface area contributed by atoms with Crippen molar-refractivity contribution in [1.29, 1.82) is 0 Å². The molecule has 0 bridgehead atoms. The van der Waals surface area contributed by atoms with Crippen LogP contribution in [0.2, 0.25) is 0 Å². The molecule has 0 aliphatic heterocycles. The van der Waals surface area contributed by atoms with Crippen molar-refractivity contribution in [2.75, 3.05) is 0 Å². The van der Waals surface area contributed by atoms with E-state index in [1.165, 1.54) is 60.1 Å². The van der Waals surface area contributed by atoms with Gasteiger partial charge in [-0.1, -0.05) is 184 Å². The second-order valence-electron chi connectivity index (χ2n) is 13.4. The predicted molar refractivity (Wildman–Crippen MR) is 233 cm³/mol. The summed E-state index contributed by atoms with van der Waals surface area (Å²) in [6, 6.07) is 57.1. The molecule has 0 atom stereocenters. The van der Waals surface area contributed by atoms with Gasteiger partial charge in [-0.25, -0.2) is 0 Å². The molecule has 7 aromatic rings. The highest BCUT2D eigenvalue weighted by atomic mass is 79.9. The molecule has 4 aliphatic carbocycles. The van der Waals surface area contributed by atoms with Crippen molar-refractivity contribution >= 4 is 59.1 Å². The van der Waals surface area contributed by atoms with Gasteiger partial charge in [0.05, 0.1) is 11.5 Å². The molecule has 0 saturated heterocycles. The fourth-order valence-corrected chi connectivity index (χ4v) is 10.1. The largest absolute Gasteiger partial charge is 0.289 e. The Labute approximate surface area is 340 Å². The zero-order chi connectivity index (χ0) is 36.8. The van der Waals surface area contributed by atoms with Crippen molar-refractivity contribution in [1.82, 2.24) is 0 Å². The minimum absolute atomic E-state index is 0.119. The van der Waals surface area contributed by atoms with Gasteiger partial charge in [0.1, 0.15) is 22.2 Å². The Morgan fingerprint density at radius 3 is 1.54 bits per heavy atom. The molecule has 0 radical (unpaired) electrons. The number of benzene rings is 7. The highest BCUT2D eigenvalue weighted by Crippen LogP contribution is 2.63. The maximum Gasteiger partial charge on any atom is 0.195 e. The first-order chi connectivity index (χ1) is 26.5. The summed E-state index contributed by atoms with van der Waals surface area (Å²) in [5.41, 5.74) is 16.8. The zero-order valence-electron chi connectivity index (χ0n) is 28.9. The summed E-state index contributed by atoms with van der Waals surface area (Å²) in [7, 11) is 0. The summed E-state index contributed by atoms with van der Waals surface area (Å²) < 4.78 is 3.14. The highest BCUT2D eigenvalue weighted by molar-refractivity contribution is 9.12. The zero-order valence-corrected chi connectivity index (χ0v) is 33.6. The van der Waals surface area contributed by atoms with E-state index >= 15 is 0 Å². The molecule has 0 aromatic heterocycles. The first-order valence-electron chi connectivity index (χ1n) is 17.7. The minimum atomic E-state index is -0.237. The Kier molecular flexibility index (Phi) is 9.09. The topological polar surface area (TPSA) is 17.1 Å². The molecular formula is C50H30Br3O+. The van der Waals surface area contributed by atoms with Crippen LogP contribution in [-0.2, 0) is 5.41 Å². The second-order valence-corrected chi connectivity index (χ2v) is 15.9. The predicted octanol–water partition coefficient (Wildman–Crippen LogP) is 14.2. The molecule has 4 heteroatoms. The van der Waals surface area contributed by atoms with E-state index in [2.05, 4.69) is 163 Å². The molecule has 256 valence electrons. The number of hydrogen-bond donors (Lipinski definition) is 0. The van der Waals surface area contributed by atoms with Crippen molar-refractivity contribution in [3.8, 4) is 33.4 Å². The molecule has 1 nitrogen and oxygen atoms in total. The molecule has 0 amide bonds. The van der Waals surface area contributed by atoms with Crippen LogP contribution in [0.1, 0.15) is 43.7 Å². The van der Waals surface area contributed by atoms with Crippen LogP contribution in [0, 0.1) is 6.08 Å². The van der Waals surface area contributed by atoms with E-state index < -0.39 is 0 Å². The number of carbonyl (C=O) groups excluding carboxylic acids is 1. The standard InChI is InChI=1S/C25H15Br.C13H7BrO.C12H8Br/c26-23-15-7-11-19-18-10-3-6-14-22(18)25(24(19)23)20-12-4-1-8-16(20)17-9-2-5-13-21(17)25;14-11-7-3-6-9-8-4-1-2-5-10(8)13(15)12(9)11;13-12-9-5-4-8-11(12)10-6-2-1-3-7-10/h1-15H;1-7H;1-4,6-9H/q;;+1. The Hall–Kier alpha value is -5.22. The van der Waals surface area contributed by atoms with Gasteiger partial charge in [0.15, 0.2) is 5.78 Å². The SMILES string of the molecule is BrC1=C(c2ccccc2)C=C[C+]=C1.Brc1cccc2c1C1(c3ccccc3-c3ccccc31)c1ccccc1-2.O=C1c2ccccc2-c2cccc(Br)c21. The van der Waals surface area contributed by atoms with Crippen LogP contribution in [0.15, 0.2) is 195 Å². The highest BCUT2D eigenvalue weighted by Gasteiger charge is 2.52. The molecule has 0 heterocycles. The number of ketones is 1. The van der Waals surface area contributed by atoms with Gasteiger partial charge in [0.25, 0.3) is 0 Å². The van der Waals surface area contributed by atoms with Crippen LogP contribution in [0.4, 0.5) is 0 Å². The number of hydrogen-bond acceptors (Lipinski definition) is 1. The van der Waals surface area contributed by atoms with Crippen molar-refractivity contribution in [3.63, 3.8) is 0 Å². The lowest BCUT2D eigenvalue weighted by Gasteiger charge is -2.31. The van der Waals surface area contributed by atoms with Gasteiger partial charge in [-0.3, -0.25) is 4.79 Å². The first-order valence-corrected chi connectivity index (χ1v) is 20.1. The molecule has 54 heavy (non-hydrogen) atoms. The molecule has 1 spiro atoms. The van der Waals surface area contributed by atoms with Crippen molar-refractivity contribution in [3.05, 3.63) is 240 Å². The minimum Gasteiger partial charge on any atom is -0.289 e. The summed E-state index contributed by atoms with van der Waals surface area (Å²) >= 11 is 10.8. The van der Waals surface area contributed by atoms with E-state index in [1.807, 2.05) is 72.8 Å². The Morgan fingerprint density at radius 1 is 0.444 bits per heavy atom. The third-order valence-electron chi connectivity index (χ3n) is 10.6. The fourth-order valence-electron chi connectivity index (χ4n) is 8.40. The number of allylic oxidation sites excluding steroid dienone is 6. The Morgan fingerprint density at radius 2 is 0.926 bits per heavy atom. The smallest absolute Gasteiger partial charge is 0.195 e. The lowest BCUT2D eigenvalue weighted by atomic mass is 9.70. The third-order valence-corrected chi connectivity index (χ3v) is 12.5. The van der Waals surface area contributed by atoms with Gasteiger partial charge < -0.3 is 0 Å². The van der Waals surface area contributed by atoms with E-state index in [-0.39, 0.29) is 11.2 Å². The molecule has 4 aliphatic rings. The Bertz CT molecular complexity index is 2650. The van der Waals surface area contributed by atoms with Crippen LogP contribution in [0.3, 0.4) is 0 Å². The third kappa shape index (κ3) is 5.48. The molecule has 0 fully saturated rings. The summed E-state index contributed by atoms with van der Waals surface area (Å²) in [6.07, 6.45) is 8.94. The molecule has 7 aromatic carbocycles. The van der Waals surface area contributed by atoms with Crippen molar-refractivity contribution in [2.45, 2.75) is 5.41 Å². The monoisotopic (exact) mass is 883 g/mol. The van der Waals surface area contributed by atoms with Crippen LogP contribution >= 0.6 is 47.8 Å². The van der Waals surface area contributed by atoms with Crippen LogP contribution < -0.4 is 0 Å². The molecular weight excluding hydrogens is 856 g/mol. The summed E-state index contributed by atoms with van der Waals surface area (Å²) in [4.78, 5) is 12.1. The number of halogens is 3. The lowest BCUT2D eigenvalue weighted by Crippen LogP contribution is -2.26. The van der Waals surface area contributed by atoms with E-state index in [0.29, 0.717) is 0 Å². The van der Waals surface area contributed by atoms with Gasteiger partial charge >= 0.3 is 0 Å². The first kappa shape index (κ1) is 34.5. The molecule has 0 N–H and O–H groups in total. The van der Waals surface area contributed by atoms with Gasteiger partial charge in [0.2, 0.25) is 0 Å². The van der Waals surface area contributed by atoms with E-state index in [0.717, 1.165) is 31.2 Å². The molecule has 0 unspecified atom stereocenters. The lowest BCUT2D eigenvalue weighted by molar-refractivity contribution is 0.104. The van der Waals surface area contributed by atoms with Gasteiger partial charge in [0, 0.05) is 47.6 Å². The average Bonchev–Trinajstić information content (AvgIpc) is 3.81. The quantitative estimate of drug-likeness (QED) is 0.150. The average molecular weight is 887 g/mol. The number of carbonyl (C=O) groups is 1. The summed E-state index contributed by atoms with van der Waals surface area (Å²) in [5, 5.41) is 0. The van der Waals surface area contributed by atoms with E-state index in [4.69, 9.17) is 0 Å². The van der Waals surface area contributed by atoms with Crippen molar-refractivity contribution in [2.24, 2.45) is 0 Å². The van der Waals surface area contributed by atoms with Gasteiger partial charge in [-0.2, -0.15) is 0 Å². The van der Waals surface area contributed by atoms with Crippen LogP contribution in [-0.4, -0.2) is 5.78 Å². The van der Waals surface area contributed by atoms with Gasteiger partial charge in [-0.15, -0.1) is 0 Å². The molecule has 0 saturated carbocycles. The van der Waals surface area contributed by atoms with E-state index in [9.17, 15) is 4.79 Å². The number of fused-ring (bicyclic) bond motifs is 13. The van der Waals surface area contributed by atoms with Crippen molar-refractivity contribution < 1.29 is 4.79 Å². The maximum absolute atomic E-state index is 12.1. The fraction of sp³-hybridized carbons (Fsp3) is 0.0200. The summed E-state index contributed by atoms with van der Waals surface area (Å²) in [5.74, 6) is 0.119. The van der Waals surface area contributed by atoms with Crippen LogP contribution in [0.25, 0.3) is 39.0 Å². The van der Waals surface area contributed by atoms with E-state index in [1.54, 1.807) is 0 Å². The maximum atomic E-state index is 12.1. The second kappa shape index (κ2) is 14.2. The van der Waals surface area contributed by atoms with Gasteiger partial charge in [-0.05, 0) is 67.8 Å². The number of rotatable bonds is 1. The summed E-state index contributed by atoms with van der Waals surface area (Å²) in [6.45, 7) is 0. The molecule has 11 rings (SSSR count). The Balaban J connectivity index is 0.000000117. The normalized spacial score (nSPS) is 14.0. The van der Waals surface area contributed by atoms with Crippen LogP contribution in [0.5, 0.6) is 0 Å².